The van der Waals surface area contributed by atoms with Gasteiger partial charge >= 0.3 is 0 Å². The van der Waals surface area contributed by atoms with Crippen molar-refractivity contribution in [2.75, 3.05) is 19.3 Å². The van der Waals surface area contributed by atoms with Gasteiger partial charge in [-0.25, -0.2) is 4.39 Å². The Kier molecular flexibility index (Phi) is 6.86. The minimum absolute atomic E-state index is 0.178. The summed E-state index contributed by atoms with van der Waals surface area (Å²) in [6, 6.07) is 7.26. The summed E-state index contributed by atoms with van der Waals surface area (Å²) in [5, 5.41) is 6.83. The number of aliphatic imine (C=N–C) groups is 1. The lowest BCUT2D eigenvalue weighted by Gasteiger charge is -2.16. The molecule has 0 unspecified atom stereocenters. The van der Waals surface area contributed by atoms with Crippen LogP contribution in [-0.2, 0) is 0 Å². The summed E-state index contributed by atoms with van der Waals surface area (Å²) in [6.45, 7) is 0.903. The third kappa shape index (κ3) is 5.96. The Hall–Kier alpha value is -1.23. The van der Waals surface area contributed by atoms with Crippen LogP contribution in [0.15, 0.2) is 34.2 Å². The molecule has 0 amide bonds. The van der Waals surface area contributed by atoms with Crippen molar-refractivity contribution in [3.8, 4) is 0 Å². The fourth-order valence-corrected chi connectivity index (χ4v) is 3.31. The molecule has 2 rings (SSSR count). The van der Waals surface area contributed by atoms with Gasteiger partial charge in [-0.1, -0.05) is 12.8 Å². The van der Waals surface area contributed by atoms with Gasteiger partial charge in [-0.05, 0) is 49.3 Å². The molecule has 1 aliphatic carbocycles. The quantitative estimate of drug-likeness (QED) is 0.366. The lowest BCUT2D eigenvalue weighted by atomic mass is 10.2. The van der Waals surface area contributed by atoms with Crippen LogP contribution in [0.4, 0.5) is 4.39 Å². The molecule has 116 valence electrons. The van der Waals surface area contributed by atoms with Crippen molar-refractivity contribution in [2.24, 2.45) is 4.99 Å². The molecular weight excluding hydrogens is 285 g/mol. The first kappa shape index (κ1) is 16.1. The molecule has 0 heterocycles. The van der Waals surface area contributed by atoms with Crippen LogP contribution in [-0.4, -0.2) is 31.3 Å². The zero-order valence-corrected chi connectivity index (χ0v) is 13.4. The summed E-state index contributed by atoms with van der Waals surface area (Å²) < 4.78 is 12.8. The van der Waals surface area contributed by atoms with E-state index >= 15 is 0 Å². The molecule has 0 bridgehead atoms. The second-order valence-corrected chi connectivity index (χ2v) is 6.45. The molecule has 0 aliphatic heterocycles. The van der Waals surface area contributed by atoms with Gasteiger partial charge in [0.1, 0.15) is 5.82 Å². The number of rotatable bonds is 6. The Morgan fingerprint density at radius 2 is 2.00 bits per heavy atom. The van der Waals surface area contributed by atoms with E-state index in [0.29, 0.717) is 6.04 Å². The largest absolute Gasteiger partial charge is 0.356 e. The van der Waals surface area contributed by atoms with E-state index in [1.807, 2.05) is 19.2 Å². The average Bonchev–Trinajstić information content (AvgIpc) is 3.00. The Labute approximate surface area is 130 Å². The predicted octanol–water partition coefficient (Wildman–Crippen LogP) is 3.42. The van der Waals surface area contributed by atoms with Crippen LogP contribution in [0.3, 0.4) is 0 Å². The van der Waals surface area contributed by atoms with Crippen LogP contribution in [0.1, 0.15) is 32.1 Å². The van der Waals surface area contributed by atoms with E-state index in [2.05, 4.69) is 15.6 Å². The molecule has 0 aromatic heterocycles. The van der Waals surface area contributed by atoms with E-state index in [4.69, 9.17) is 0 Å². The lowest BCUT2D eigenvalue weighted by molar-refractivity contribution is 0.613. The molecule has 1 saturated carbocycles. The molecule has 1 fully saturated rings. The number of hydrogen-bond donors (Lipinski definition) is 2. The van der Waals surface area contributed by atoms with Gasteiger partial charge in [0.2, 0.25) is 0 Å². The minimum Gasteiger partial charge on any atom is -0.356 e. The third-order valence-electron chi connectivity index (χ3n) is 3.62. The topological polar surface area (TPSA) is 36.4 Å². The molecule has 3 nitrogen and oxygen atoms in total. The summed E-state index contributed by atoms with van der Waals surface area (Å²) in [5.74, 6) is 1.75. The lowest BCUT2D eigenvalue weighted by Crippen LogP contribution is -2.42. The van der Waals surface area contributed by atoms with Crippen LogP contribution in [0.25, 0.3) is 0 Å². The van der Waals surface area contributed by atoms with Crippen LogP contribution in [0, 0.1) is 5.82 Å². The van der Waals surface area contributed by atoms with Crippen LogP contribution >= 0.6 is 11.8 Å². The summed E-state index contributed by atoms with van der Waals surface area (Å²) in [4.78, 5) is 5.38. The Morgan fingerprint density at radius 1 is 1.29 bits per heavy atom. The minimum atomic E-state index is -0.178. The maximum atomic E-state index is 12.8. The molecule has 2 N–H and O–H groups in total. The maximum absolute atomic E-state index is 12.8. The normalized spacial score (nSPS) is 16.2. The SMILES string of the molecule is CN=C(NCCCSc1ccc(F)cc1)NC1CCCC1. The van der Waals surface area contributed by atoms with Crippen molar-refractivity contribution in [2.45, 2.75) is 43.0 Å². The molecule has 0 atom stereocenters. The highest BCUT2D eigenvalue weighted by molar-refractivity contribution is 7.99. The zero-order chi connectivity index (χ0) is 14.9. The fraction of sp³-hybridized carbons (Fsp3) is 0.562. The highest BCUT2D eigenvalue weighted by Gasteiger charge is 2.15. The number of halogens is 1. The molecule has 21 heavy (non-hydrogen) atoms. The van der Waals surface area contributed by atoms with Crippen LogP contribution in [0.5, 0.6) is 0 Å². The Balaban J connectivity index is 1.58. The van der Waals surface area contributed by atoms with E-state index in [9.17, 15) is 4.39 Å². The van der Waals surface area contributed by atoms with Gasteiger partial charge in [-0.2, -0.15) is 0 Å². The first-order chi connectivity index (χ1) is 10.3. The number of hydrogen-bond acceptors (Lipinski definition) is 2. The monoisotopic (exact) mass is 309 g/mol. The average molecular weight is 309 g/mol. The maximum Gasteiger partial charge on any atom is 0.191 e. The second kappa shape index (κ2) is 8.93. The van der Waals surface area contributed by atoms with E-state index in [0.717, 1.165) is 29.6 Å². The zero-order valence-electron chi connectivity index (χ0n) is 12.6. The van der Waals surface area contributed by atoms with Gasteiger partial charge in [0.05, 0.1) is 0 Å². The van der Waals surface area contributed by atoms with E-state index in [-0.39, 0.29) is 5.82 Å². The van der Waals surface area contributed by atoms with Gasteiger partial charge in [0, 0.05) is 24.5 Å². The number of nitrogens with one attached hydrogen (secondary N) is 2. The summed E-state index contributed by atoms with van der Waals surface area (Å²) in [7, 11) is 1.82. The van der Waals surface area contributed by atoms with Crippen molar-refractivity contribution in [1.82, 2.24) is 10.6 Å². The Morgan fingerprint density at radius 3 is 2.67 bits per heavy atom. The third-order valence-corrected chi connectivity index (χ3v) is 4.71. The molecule has 1 aromatic carbocycles. The molecule has 0 saturated heterocycles. The molecular formula is C16H24FN3S. The van der Waals surface area contributed by atoms with Gasteiger partial charge in [-0.3, -0.25) is 4.99 Å². The van der Waals surface area contributed by atoms with Crippen molar-refractivity contribution in [3.05, 3.63) is 30.1 Å². The number of guanidine groups is 1. The van der Waals surface area contributed by atoms with Crippen LogP contribution in [0.2, 0.25) is 0 Å². The summed E-state index contributed by atoms with van der Waals surface area (Å²) >= 11 is 1.75. The highest BCUT2D eigenvalue weighted by atomic mass is 32.2. The van der Waals surface area contributed by atoms with Crippen molar-refractivity contribution in [3.63, 3.8) is 0 Å². The standard InChI is InChI=1S/C16H24FN3S/c1-18-16(20-14-5-2-3-6-14)19-11-4-12-21-15-9-7-13(17)8-10-15/h7-10,14H,2-6,11-12H2,1H3,(H2,18,19,20). The van der Waals surface area contributed by atoms with Crippen LogP contribution < -0.4 is 10.6 Å². The molecule has 1 aliphatic rings. The first-order valence-corrected chi connectivity index (χ1v) is 8.62. The Bertz CT molecular complexity index is 441. The highest BCUT2D eigenvalue weighted by Crippen LogP contribution is 2.19. The van der Waals surface area contributed by atoms with Crippen molar-refractivity contribution < 1.29 is 4.39 Å². The van der Waals surface area contributed by atoms with Gasteiger partial charge in [0.15, 0.2) is 5.96 Å². The number of benzene rings is 1. The summed E-state index contributed by atoms with van der Waals surface area (Å²) in [6.07, 6.45) is 6.20. The van der Waals surface area contributed by atoms with E-state index in [1.165, 1.54) is 37.8 Å². The number of thioether (sulfide) groups is 1. The van der Waals surface area contributed by atoms with E-state index < -0.39 is 0 Å². The molecule has 0 spiro atoms. The van der Waals surface area contributed by atoms with Crippen molar-refractivity contribution >= 4 is 17.7 Å². The smallest absolute Gasteiger partial charge is 0.191 e. The number of nitrogens with zero attached hydrogens (tertiary/aromatic N) is 1. The first-order valence-electron chi connectivity index (χ1n) is 7.63. The second-order valence-electron chi connectivity index (χ2n) is 5.28. The fourth-order valence-electron chi connectivity index (χ4n) is 2.46. The van der Waals surface area contributed by atoms with Gasteiger partial charge in [0.25, 0.3) is 0 Å². The van der Waals surface area contributed by atoms with E-state index in [1.54, 1.807) is 11.8 Å². The predicted molar refractivity (Wildman–Crippen MR) is 88.5 cm³/mol. The molecule has 0 radical (unpaired) electrons. The van der Waals surface area contributed by atoms with Gasteiger partial charge in [-0.15, -0.1) is 11.8 Å². The molecule has 1 aromatic rings. The summed E-state index contributed by atoms with van der Waals surface area (Å²) in [5.41, 5.74) is 0. The van der Waals surface area contributed by atoms with Gasteiger partial charge < -0.3 is 10.6 Å². The van der Waals surface area contributed by atoms with Crippen molar-refractivity contribution in [1.29, 1.82) is 0 Å². The molecule has 5 heteroatoms.